The standard InChI is InChI=1S/C10H16N2OS/c1-8-10(13,5-3-7-14-8)9-4-6-11-12(9)2/h4,6,8,13H,3,5,7H2,1-2H3. The first kappa shape index (κ1) is 10.1. The van der Waals surface area contributed by atoms with Gasteiger partial charge in [0.05, 0.1) is 5.69 Å². The molecule has 0 bridgehead atoms. The molecule has 1 N–H and O–H groups in total. The number of aliphatic hydroxyl groups is 1. The van der Waals surface area contributed by atoms with E-state index in [4.69, 9.17) is 0 Å². The third-order valence-electron chi connectivity index (χ3n) is 3.01. The topological polar surface area (TPSA) is 38.1 Å². The van der Waals surface area contributed by atoms with Crippen LogP contribution in [0.4, 0.5) is 0 Å². The molecular formula is C10H16N2OS. The molecule has 0 amide bonds. The van der Waals surface area contributed by atoms with Crippen LogP contribution < -0.4 is 0 Å². The highest BCUT2D eigenvalue weighted by Gasteiger charge is 2.40. The van der Waals surface area contributed by atoms with Crippen molar-refractivity contribution in [3.8, 4) is 0 Å². The smallest absolute Gasteiger partial charge is 0.118 e. The van der Waals surface area contributed by atoms with E-state index in [1.807, 2.05) is 24.9 Å². The molecule has 0 aromatic carbocycles. The summed E-state index contributed by atoms with van der Waals surface area (Å²) < 4.78 is 1.78. The van der Waals surface area contributed by atoms with Crippen molar-refractivity contribution >= 4 is 11.8 Å². The Morgan fingerprint density at radius 1 is 1.71 bits per heavy atom. The summed E-state index contributed by atoms with van der Waals surface area (Å²) >= 11 is 1.84. The minimum atomic E-state index is -0.686. The molecule has 3 nitrogen and oxygen atoms in total. The zero-order valence-corrected chi connectivity index (χ0v) is 9.42. The molecule has 2 atom stereocenters. The van der Waals surface area contributed by atoms with Crippen LogP contribution in [0.15, 0.2) is 12.3 Å². The van der Waals surface area contributed by atoms with Crippen LogP contribution >= 0.6 is 11.8 Å². The van der Waals surface area contributed by atoms with Gasteiger partial charge in [-0.25, -0.2) is 0 Å². The molecule has 1 aliphatic rings. The third kappa shape index (κ3) is 1.46. The molecule has 1 aromatic heterocycles. The summed E-state index contributed by atoms with van der Waals surface area (Å²) in [6, 6.07) is 1.92. The Morgan fingerprint density at radius 2 is 2.50 bits per heavy atom. The van der Waals surface area contributed by atoms with Gasteiger partial charge in [0.15, 0.2) is 0 Å². The molecule has 2 unspecified atom stereocenters. The Bertz CT molecular complexity index is 326. The van der Waals surface area contributed by atoms with Crippen LogP contribution in [-0.4, -0.2) is 25.9 Å². The van der Waals surface area contributed by atoms with Crippen molar-refractivity contribution in [2.45, 2.75) is 30.6 Å². The summed E-state index contributed by atoms with van der Waals surface area (Å²) in [4.78, 5) is 0. The van der Waals surface area contributed by atoms with E-state index in [9.17, 15) is 5.11 Å². The van der Waals surface area contributed by atoms with E-state index < -0.39 is 5.60 Å². The molecular weight excluding hydrogens is 196 g/mol. The Morgan fingerprint density at radius 3 is 3.07 bits per heavy atom. The van der Waals surface area contributed by atoms with Crippen LogP contribution in [0.3, 0.4) is 0 Å². The van der Waals surface area contributed by atoms with Crippen molar-refractivity contribution in [2.75, 3.05) is 5.75 Å². The van der Waals surface area contributed by atoms with Gasteiger partial charge in [-0.2, -0.15) is 16.9 Å². The quantitative estimate of drug-likeness (QED) is 0.767. The van der Waals surface area contributed by atoms with Crippen molar-refractivity contribution in [1.29, 1.82) is 0 Å². The second-order valence-corrected chi connectivity index (χ2v) is 5.33. The molecule has 1 fully saturated rings. The predicted octanol–water partition coefficient (Wildman–Crippen LogP) is 1.52. The van der Waals surface area contributed by atoms with Gasteiger partial charge in [0.1, 0.15) is 5.60 Å². The van der Waals surface area contributed by atoms with E-state index in [1.165, 1.54) is 0 Å². The SMILES string of the molecule is CC1SCCCC1(O)c1ccnn1C. The number of hydrogen-bond acceptors (Lipinski definition) is 3. The van der Waals surface area contributed by atoms with Gasteiger partial charge in [-0.15, -0.1) is 0 Å². The maximum Gasteiger partial charge on any atom is 0.118 e. The minimum Gasteiger partial charge on any atom is -0.382 e. The van der Waals surface area contributed by atoms with Gasteiger partial charge in [0, 0.05) is 18.5 Å². The highest BCUT2D eigenvalue weighted by molar-refractivity contribution is 8.00. The van der Waals surface area contributed by atoms with Crippen molar-refractivity contribution in [3.05, 3.63) is 18.0 Å². The summed E-state index contributed by atoms with van der Waals surface area (Å²) in [7, 11) is 1.89. The monoisotopic (exact) mass is 212 g/mol. The van der Waals surface area contributed by atoms with Gasteiger partial charge in [-0.05, 0) is 24.7 Å². The number of nitrogens with zero attached hydrogens (tertiary/aromatic N) is 2. The van der Waals surface area contributed by atoms with Crippen LogP contribution in [0, 0.1) is 0 Å². The maximum absolute atomic E-state index is 10.6. The van der Waals surface area contributed by atoms with Crippen molar-refractivity contribution < 1.29 is 5.11 Å². The number of rotatable bonds is 1. The Kier molecular flexibility index (Phi) is 2.58. The molecule has 4 heteroatoms. The third-order valence-corrected chi connectivity index (χ3v) is 4.42. The second kappa shape index (κ2) is 3.59. The lowest BCUT2D eigenvalue weighted by molar-refractivity contribution is 0.0175. The highest BCUT2D eigenvalue weighted by atomic mass is 32.2. The maximum atomic E-state index is 10.6. The molecule has 2 rings (SSSR count). The molecule has 2 heterocycles. The first-order valence-electron chi connectivity index (χ1n) is 4.97. The van der Waals surface area contributed by atoms with Crippen LogP contribution in [0.25, 0.3) is 0 Å². The molecule has 14 heavy (non-hydrogen) atoms. The van der Waals surface area contributed by atoms with Crippen LogP contribution in [0.2, 0.25) is 0 Å². The Labute approximate surface area is 88.5 Å². The van der Waals surface area contributed by atoms with Gasteiger partial charge in [-0.3, -0.25) is 4.68 Å². The van der Waals surface area contributed by atoms with E-state index >= 15 is 0 Å². The van der Waals surface area contributed by atoms with Crippen molar-refractivity contribution in [3.63, 3.8) is 0 Å². The van der Waals surface area contributed by atoms with Crippen LogP contribution in [0.1, 0.15) is 25.5 Å². The molecule has 0 aliphatic carbocycles. The van der Waals surface area contributed by atoms with Gasteiger partial charge in [0.2, 0.25) is 0 Å². The van der Waals surface area contributed by atoms with Gasteiger partial charge >= 0.3 is 0 Å². The zero-order valence-electron chi connectivity index (χ0n) is 8.60. The summed E-state index contributed by atoms with van der Waals surface area (Å²) in [5.74, 6) is 1.15. The molecule has 1 saturated heterocycles. The average Bonchev–Trinajstić information content (AvgIpc) is 2.57. The van der Waals surface area contributed by atoms with E-state index in [-0.39, 0.29) is 5.25 Å². The number of hydrogen-bond donors (Lipinski definition) is 1. The molecule has 0 radical (unpaired) electrons. The molecule has 1 aromatic rings. The van der Waals surface area contributed by atoms with Gasteiger partial charge in [0.25, 0.3) is 0 Å². The second-order valence-electron chi connectivity index (χ2n) is 3.88. The van der Waals surface area contributed by atoms with E-state index in [0.717, 1.165) is 24.3 Å². The normalized spacial score (nSPS) is 33.2. The Hall–Kier alpha value is -0.480. The lowest BCUT2D eigenvalue weighted by Gasteiger charge is -2.37. The van der Waals surface area contributed by atoms with Crippen LogP contribution in [0.5, 0.6) is 0 Å². The molecule has 0 spiro atoms. The number of thioether (sulfide) groups is 1. The molecule has 78 valence electrons. The Balaban J connectivity index is 2.34. The summed E-state index contributed by atoms with van der Waals surface area (Å²) in [6.45, 7) is 2.09. The summed E-state index contributed by atoms with van der Waals surface area (Å²) in [6.07, 6.45) is 3.68. The molecule has 0 saturated carbocycles. The van der Waals surface area contributed by atoms with Crippen molar-refractivity contribution in [1.82, 2.24) is 9.78 Å². The summed E-state index contributed by atoms with van der Waals surface area (Å²) in [5, 5.41) is 15.0. The average molecular weight is 212 g/mol. The van der Waals surface area contributed by atoms with Gasteiger partial charge < -0.3 is 5.11 Å². The lowest BCUT2D eigenvalue weighted by atomic mass is 9.90. The predicted molar refractivity (Wildman–Crippen MR) is 58.3 cm³/mol. The largest absolute Gasteiger partial charge is 0.382 e. The minimum absolute atomic E-state index is 0.256. The van der Waals surface area contributed by atoms with E-state index in [1.54, 1.807) is 10.9 Å². The van der Waals surface area contributed by atoms with Gasteiger partial charge in [-0.1, -0.05) is 6.92 Å². The fourth-order valence-corrected chi connectivity index (χ4v) is 3.26. The van der Waals surface area contributed by atoms with Crippen molar-refractivity contribution in [2.24, 2.45) is 7.05 Å². The first-order chi connectivity index (χ1) is 6.64. The highest BCUT2D eigenvalue weighted by Crippen LogP contribution is 2.40. The summed E-state index contributed by atoms with van der Waals surface area (Å²) in [5.41, 5.74) is 0.256. The van der Waals surface area contributed by atoms with Crippen LogP contribution in [-0.2, 0) is 12.6 Å². The number of aromatic nitrogens is 2. The molecule has 1 aliphatic heterocycles. The lowest BCUT2D eigenvalue weighted by Crippen LogP contribution is -2.40. The van der Waals surface area contributed by atoms with E-state index in [0.29, 0.717) is 0 Å². The zero-order chi connectivity index (χ0) is 10.2. The first-order valence-corrected chi connectivity index (χ1v) is 6.02. The van der Waals surface area contributed by atoms with E-state index in [2.05, 4.69) is 12.0 Å². The number of aryl methyl sites for hydroxylation is 1. The fraction of sp³-hybridized carbons (Fsp3) is 0.700. The fourth-order valence-electron chi connectivity index (χ4n) is 2.08.